The van der Waals surface area contributed by atoms with Gasteiger partial charge >= 0.3 is 5.97 Å². The molecular formula is C13H14BrNO4. The molecule has 0 unspecified atom stereocenters. The molecule has 19 heavy (non-hydrogen) atoms. The third kappa shape index (κ3) is 2.73. The minimum atomic E-state index is -0.411. The van der Waals surface area contributed by atoms with Gasteiger partial charge in [-0.3, -0.25) is 9.59 Å². The lowest BCUT2D eigenvalue weighted by molar-refractivity contribution is -0.145. The summed E-state index contributed by atoms with van der Waals surface area (Å²) in [5.41, 5.74) is 0.669. The Labute approximate surface area is 119 Å². The zero-order valence-corrected chi connectivity index (χ0v) is 12.3. The van der Waals surface area contributed by atoms with Gasteiger partial charge in [-0.1, -0.05) is 15.9 Å². The topological polar surface area (TPSA) is 55.8 Å². The van der Waals surface area contributed by atoms with Crippen molar-refractivity contribution in [2.75, 3.05) is 25.7 Å². The Morgan fingerprint density at radius 2 is 2.16 bits per heavy atom. The quantitative estimate of drug-likeness (QED) is 0.796. The van der Waals surface area contributed by atoms with Gasteiger partial charge in [0.1, 0.15) is 5.75 Å². The van der Waals surface area contributed by atoms with Gasteiger partial charge in [-0.15, -0.1) is 0 Å². The first kappa shape index (κ1) is 13.9. The van der Waals surface area contributed by atoms with Crippen LogP contribution in [-0.2, 0) is 14.3 Å². The maximum atomic E-state index is 12.0. The molecule has 1 amide bonds. The zero-order chi connectivity index (χ0) is 14.0. The Morgan fingerprint density at radius 3 is 2.79 bits per heavy atom. The maximum Gasteiger partial charge on any atom is 0.311 e. The standard InChI is InChI=1S/C13H14BrNO4/c1-18-11-6-9(14)3-4-10(11)15-7-8(5-12(15)16)13(17)19-2/h3-4,6,8H,5,7H2,1-2H3/t8-/m0/s1. The number of hydrogen-bond donors (Lipinski definition) is 0. The van der Waals surface area contributed by atoms with Gasteiger partial charge in [0.25, 0.3) is 0 Å². The molecule has 1 saturated heterocycles. The monoisotopic (exact) mass is 327 g/mol. The Morgan fingerprint density at radius 1 is 1.42 bits per heavy atom. The number of carbonyl (C=O) groups excluding carboxylic acids is 2. The van der Waals surface area contributed by atoms with Gasteiger partial charge in [-0.05, 0) is 18.2 Å². The number of nitrogens with zero attached hydrogens (tertiary/aromatic N) is 1. The smallest absolute Gasteiger partial charge is 0.311 e. The zero-order valence-electron chi connectivity index (χ0n) is 10.7. The van der Waals surface area contributed by atoms with E-state index in [0.29, 0.717) is 18.0 Å². The predicted molar refractivity (Wildman–Crippen MR) is 73.2 cm³/mol. The van der Waals surface area contributed by atoms with Crippen LogP contribution < -0.4 is 9.64 Å². The highest BCUT2D eigenvalue weighted by Gasteiger charge is 2.36. The van der Waals surface area contributed by atoms with Crippen LogP contribution in [0.15, 0.2) is 22.7 Å². The van der Waals surface area contributed by atoms with Gasteiger partial charge < -0.3 is 14.4 Å². The van der Waals surface area contributed by atoms with Crippen LogP contribution in [0.25, 0.3) is 0 Å². The van der Waals surface area contributed by atoms with Crippen molar-refractivity contribution in [3.8, 4) is 5.75 Å². The summed E-state index contributed by atoms with van der Waals surface area (Å²) in [5.74, 6) is -0.276. The molecule has 1 fully saturated rings. The first-order chi connectivity index (χ1) is 9.06. The average Bonchev–Trinajstić information content (AvgIpc) is 2.79. The minimum Gasteiger partial charge on any atom is -0.495 e. The lowest BCUT2D eigenvalue weighted by Crippen LogP contribution is -2.26. The molecule has 5 nitrogen and oxygen atoms in total. The summed E-state index contributed by atoms with van der Waals surface area (Å²) in [7, 11) is 2.87. The largest absolute Gasteiger partial charge is 0.495 e. The summed E-state index contributed by atoms with van der Waals surface area (Å²) >= 11 is 3.35. The van der Waals surface area contributed by atoms with Crippen molar-refractivity contribution < 1.29 is 19.1 Å². The predicted octanol–water partition coefficient (Wildman–Crippen LogP) is 1.98. The van der Waals surface area contributed by atoms with E-state index in [4.69, 9.17) is 4.74 Å². The number of amides is 1. The van der Waals surface area contributed by atoms with E-state index in [2.05, 4.69) is 20.7 Å². The average molecular weight is 328 g/mol. The normalized spacial score (nSPS) is 18.6. The molecule has 0 bridgehead atoms. The number of ether oxygens (including phenoxy) is 2. The van der Waals surface area contributed by atoms with E-state index < -0.39 is 5.92 Å². The van der Waals surface area contributed by atoms with Crippen LogP contribution in [0, 0.1) is 5.92 Å². The third-order valence-electron chi connectivity index (χ3n) is 3.09. The Kier molecular flexibility index (Phi) is 4.09. The van der Waals surface area contributed by atoms with Crippen molar-refractivity contribution in [1.29, 1.82) is 0 Å². The minimum absolute atomic E-state index is 0.101. The molecule has 1 aliphatic rings. The van der Waals surface area contributed by atoms with Gasteiger partial charge in [0.2, 0.25) is 5.91 Å². The Hall–Kier alpha value is -1.56. The number of esters is 1. The molecule has 0 N–H and O–H groups in total. The second-order valence-electron chi connectivity index (χ2n) is 4.24. The first-order valence-electron chi connectivity index (χ1n) is 5.78. The van der Waals surface area contributed by atoms with E-state index in [9.17, 15) is 9.59 Å². The van der Waals surface area contributed by atoms with Gasteiger partial charge in [-0.2, -0.15) is 0 Å². The molecule has 1 aliphatic heterocycles. The van der Waals surface area contributed by atoms with Crippen LogP contribution in [0.3, 0.4) is 0 Å². The van der Waals surface area contributed by atoms with E-state index in [0.717, 1.165) is 4.47 Å². The van der Waals surface area contributed by atoms with E-state index in [-0.39, 0.29) is 18.3 Å². The van der Waals surface area contributed by atoms with Crippen LogP contribution >= 0.6 is 15.9 Å². The highest BCUT2D eigenvalue weighted by molar-refractivity contribution is 9.10. The SMILES string of the molecule is COC(=O)[C@H]1CC(=O)N(c2ccc(Br)cc2OC)C1. The van der Waals surface area contributed by atoms with Crippen LogP contribution in [0.2, 0.25) is 0 Å². The van der Waals surface area contributed by atoms with Crippen molar-refractivity contribution in [1.82, 2.24) is 0 Å². The fraction of sp³-hybridized carbons (Fsp3) is 0.385. The summed E-state index contributed by atoms with van der Waals surface area (Å²) in [5, 5.41) is 0. The molecule has 0 aromatic heterocycles. The van der Waals surface area contributed by atoms with Gasteiger partial charge in [0.05, 0.1) is 25.8 Å². The molecule has 1 aromatic rings. The van der Waals surface area contributed by atoms with Gasteiger partial charge in [0, 0.05) is 17.4 Å². The summed E-state index contributed by atoms with van der Waals surface area (Å²) in [6.07, 6.45) is 0.173. The third-order valence-corrected chi connectivity index (χ3v) is 3.59. The molecule has 1 heterocycles. The van der Waals surface area contributed by atoms with Crippen LogP contribution in [0.5, 0.6) is 5.75 Å². The van der Waals surface area contributed by atoms with Crippen molar-refractivity contribution in [3.63, 3.8) is 0 Å². The molecule has 2 rings (SSSR count). The highest BCUT2D eigenvalue weighted by atomic mass is 79.9. The van der Waals surface area contributed by atoms with Crippen LogP contribution in [-0.4, -0.2) is 32.6 Å². The number of hydrogen-bond acceptors (Lipinski definition) is 4. The van der Waals surface area contributed by atoms with E-state index >= 15 is 0 Å². The molecule has 1 atom stereocenters. The highest BCUT2D eigenvalue weighted by Crippen LogP contribution is 2.35. The number of halogens is 1. The molecule has 102 valence electrons. The molecular weight excluding hydrogens is 314 g/mol. The number of carbonyl (C=O) groups is 2. The lowest BCUT2D eigenvalue weighted by atomic mass is 10.1. The van der Waals surface area contributed by atoms with E-state index in [1.807, 2.05) is 6.07 Å². The fourth-order valence-corrected chi connectivity index (χ4v) is 2.48. The molecule has 0 radical (unpaired) electrons. The van der Waals surface area contributed by atoms with Gasteiger partial charge in [-0.25, -0.2) is 0 Å². The Balaban J connectivity index is 2.28. The van der Waals surface area contributed by atoms with Crippen molar-refractivity contribution in [2.24, 2.45) is 5.92 Å². The number of benzene rings is 1. The van der Waals surface area contributed by atoms with Crippen molar-refractivity contribution >= 4 is 33.5 Å². The van der Waals surface area contributed by atoms with E-state index in [1.165, 1.54) is 7.11 Å². The summed E-state index contributed by atoms with van der Waals surface area (Å²) < 4.78 is 10.8. The van der Waals surface area contributed by atoms with Crippen molar-refractivity contribution in [2.45, 2.75) is 6.42 Å². The molecule has 0 spiro atoms. The second-order valence-corrected chi connectivity index (χ2v) is 5.16. The second kappa shape index (κ2) is 5.61. The fourth-order valence-electron chi connectivity index (χ4n) is 2.14. The first-order valence-corrected chi connectivity index (χ1v) is 6.58. The maximum absolute atomic E-state index is 12.0. The summed E-state index contributed by atoms with van der Waals surface area (Å²) in [6.45, 7) is 0.323. The van der Waals surface area contributed by atoms with Gasteiger partial charge in [0.15, 0.2) is 0 Å². The molecule has 1 aromatic carbocycles. The molecule has 6 heteroatoms. The number of rotatable bonds is 3. The van der Waals surface area contributed by atoms with Crippen LogP contribution in [0.4, 0.5) is 5.69 Å². The van der Waals surface area contributed by atoms with Crippen molar-refractivity contribution in [3.05, 3.63) is 22.7 Å². The molecule has 0 saturated carbocycles. The number of methoxy groups -OCH3 is 2. The summed E-state index contributed by atoms with van der Waals surface area (Å²) in [6, 6.07) is 5.41. The Bertz CT molecular complexity index is 517. The van der Waals surface area contributed by atoms with E-state index in [1.54, 1.807) is 24.1 Å². The number of anilines is 1. The molecule has 0 aliphatic carbocycles. The lowest BCUT2D eigenvalue weighted by Gasteiger charge is -2.19. The van der Waals surface area contributed by atoms with Crippen LogP contribution in [0.1, 0.15) is 6.42 Å². The summed E-state index contributed by atoms with van der Waals surface area (Å²) in [4.78, 5) is 25.1.